The molecule has 1 aliphatic heterocycles. The summed E-state index contributed by atoms with van der Waals surface area (Å²) in [7, 11) is 3.50. The number of halogens is 1. The largest absolute Gasteiger partial charge is 0.379 e. The number of ether oxygens (including phenoxy) is 1. The van der Waals surface area contributed by atoms with Crippen LogP contribution in [0.1, 0.15) is 13.3 Å². The average molecular weight is 546 g/mol. The van der Waals surface area contributed by atoms with E-state index in [1.165, 1.54) is 5.69 Å². The van der Waals surface area contributed by atoms with Crippen molar-refractivity contribution in [3.63, 3.8) is 0 Å². The maximum Gasteiger partial charge on any atom is 0.243 e. The highest BCUT2D eigenvalue weighted by atomic mass is 127. The number of rotatable bonds is 11. The van der Waals surface area contributed by atoms with Crippen molar-refractivity contribution in [2.45, 2.75) is 13.3 Å². The van der Waals surface area contributed by atoms with E-state index >= 15 is 0 Å². The van der Waals surface area contributed by atoms with Gasteiger partial charge in [-0.1, -0.05) is 18.2 Å². The molecule has 0 atom stereocenters. The van der Waals surface area contributed by atoms with Gasteiger partial charge in [-0.05, 0) is 25.5 Å². The van der Waals surface area contributed by atoms with Crippen molar-refractivity contribution in [2.75, 3.05) is 84.6 Å². The van der Waals surface area contributed by atoms with Crippen LogP contribution in [0.15, 0.2) is 35.3 Å². The van der Waals surface area contributed by atoms with Gasteiger partial charge in [-0.3, -0.25) is 9.69 Å². The molecule has 9 heteroatoms. The topological polar surface area (TPSA) is 72.4 Å². The molecule has 8 nitrogen and oxygen atoms in total. The lowest BCUT2D eigenvalue weighted by molar-refractivity contribution is -0.127. The van der Waals surface area contributed by atoms with Gasteiger partial charge in [-0.25, -0.2) is 4.99 Å². The molecule has 176 valence electrons. The number of para-hydroxylation sites is 1. The molecule has 0 radical (unpaired) electrons. The first-order valence-corrected chi connectivity index (χ1v) is 10.9. The predicted molar refractivity (Wildman–Crippen MR) is 139 cm³/mol. The third-order valence-electron chi connectivity index (χ3n) is 5.10. The zero-order valence-electron chi connectivity index (χ0n) is 19.2. The number of benzene rings is 1. The van der Waals surface area contributed by atoms with E-state index in [2.05, 4.69) is 56.6 Å². The number of guanidine groups is 1. The quantitative estimate of drug-likeness (QED) is 0.190. The summed E-state index contributed by atoms with van der Waals surface area (Å²) in [6, 6.07) is 10.5. The predicted octanol–water partition coefficient (Wildman–Crippen LogP) is 1.48. The van der Waals surface area contributed by atoms with Crippen molar-refractivity contribution in [2.24, 2.45) is 4.99 Å². The zero-order valence-corrected chi connectivity index (χ0v) is 21.5. The van der Waals surface area contributed by atoms with Crippen LogP contribution < -0.4 is 15.5 Å². The van der Waals surface area contributed by atoms with E-state index in [1.54, 1.807) is 19.0 Å². The van der Waals surface area contributed by atoms with Crippen molar-refractivity contribution < 1.29 is 9.53 Å². The molecule has 0 spiro atoms. The van der Waals surface area contributed by atoms with Crippen molar-refractivity contribution in [3.05, 3.63) is 30.3 Å². The number of morpholine rings is 1. The summed E-state index contributed by atoms with van der Waals surface area (Å²) in [6.45, 7) is 10.3. The van der Waals surface area contributed by atoms with Crippen LogP contribution in [0.2, 0.25) is 0 Å². The lowest BCUT2D eigenvalue weighted by Crippen LogP contribution is -2.45. The number of nitrogens with zero attached hydrogens (tertiary/aromatic N) is 4. The molecule has 1 aliphatic rings. The van der Waals surface area contributed by atoms with Crippen molar-refractivity contribution in [3.8, 4) is 0 Å². The molecule has 1 aromatic carbocycles. The second-order valence-electron chi connectivity index (χ2n) is 7.53. The number of amides is 1. The molecule has 0 unspecified atom stereocenters. The van der Waals surface area contributed by atoms with E-state index < -0.39 is 0 Å². The van der Waals surface area contributed by atoms with Gasteiger partial charge in [0.05, 0.1) is 13.2 Å². The first-order valence-electron chi connectivity index (χ1n) is 10.9. The number of carbonyl (C=O) groups is 1. The molecule has 1 fully saturated rings. The Hall–Kier alpha value is -1.59. The zero-order chi connectivity index (χ0) is 21.6. The summed E-state index contributed by atoms with van der Waals surface area (Å²) < 4.78 is 5.40. The molecular formula is C22H39IN6O2. The van der Waals surface area contributed by atoms with Gasteiger partial charge in [-0.15, -0.1) is 24.0 Å². The molecule has 0 aromatic heterocycles. The summed E-state index contributed by atoms with van der Waals surface area (Å²) in [4.78, 5) is 22.7. The van der Waals surface area contributed by atoms with Crippen LogP contribution in [0.3, 0.4) is 0 Å². The highest BCUT2D eigenvalue weighted by Crippen LogP contribution is 2.12. The van der Waals surface area contributed by atoms with E-state index in [0.29, 0.717) is 5.96 Å². The number of hydrogen-bond acceptors (Lipinski definition) is 5. The number of likely N-dealkylation sites (N-methyl/N-ethyl adjacent to an activating group) is 1. The SMILES string of the molecule is CCN(CCCNC(=NCC(=O)N(C)C)NCCN1CCOCC1)c1ccccc1.I. The van der Waals surface area contributed by atoms with Gasteiger partial charge in [0.15, 0.2) is 5.96 Å². The average Bonchev–Trinajstić information content (AvgIpc) is 2.78. The van der Waals surface area contributed by atoms with Crippen LogP contribution in [0.4, 0.5) is 5.69 Å². The second kappa shape index (κ2) is 16.1. The van der Waals surface area contributed by atoms with Crippen molar-refractivity contribution >= 4 is 41.5 Å². The monoisotopic (exact) mass is 546 g/mol. The van der Waals surface area contributed by atoms with Gasteiger partial charge < -0.3 is 25.2 Å². The lowest BCUT2D eigenvalue weighted by Gasteiger charge is -2.27. The van der Waals surface area contributed by atoms with E-state index in [-0.39, 0.29) is 36.4 Å². The fourth-order valence-corrected chi connectivity index (χ4v) is 3.20. The Balaban J connectivity index is 0.00000480. The minimum atomic E-state index is -0.00878. The van der Waals surface area contributed by atoms with Gasteiger partial charge in [-0.2, -0.15) is 0 Å². The third-order valence-corrected chi connectivity index (χ3v) is 5.10. The Morgan fingerprint density at radius 3 is 2.45 bits per heavy atom. The standard InChI is InChI=1S/C22H38N6O2.HI/c1-4-28(20-9-6-5-7-10-20)13-8-11-23-22(25-19-21(29)26(2)3)24-12-14-27-15-17-30-18-16-27;/h5-7,9-10H,4,8,11-19H2,1-3H3,(H2,23,24,25);1H. The van der Waals surface area contributed by atoms with E-state index in [1.807, 2.05) is 6.07 Å². The fraction of sp³-hybridized carbons (Fsp3) is 0.636. The summed E-state index contributed by atoms with van der Waals surface area (Å²) in [6.07, 6.45) is 0.981. The van der Waals surface area contributed by atoms with E-state index in [9.17, 15) is 4.79 Å². The Morgan fingerprint density at radius 1 is 1.13 bits per heavy atom. The maximum absolute atomic E-state index is 11.9. The Labute approximate surface area is 204 Å². The highest BCUT2D eigenvalue weighted by Gasteiger charge is 2.10. The van der Waals surface area contributed by atoms with Crippen LogP contribution in [0.5, 0.6) is 0 Å². The van der Waals surface area contributed by atoms with Gasteiger partial charge in [0.1, 0.15) is 6.54 Å². The van der Waals surface area contributed by atoms with Crippen molar-refractivity contribution in [1.82, 2.24) is 20.4 Å². The first kappa shape index (κ1) is 27.4. The van der Waals surface area contributed by atoms with Crippen LogP contribution in [0.25, 0.3) is 0 Å². The Kier molecular flexibility index (Phi) is 14.3. The van der Waals surface area contributed by atoms with Crippen LogP contribution in [-0.2, 0) is 9.53 Å². The molecule has 0 aliphatic carbocycles. The number of aliphatic imine (C=N–C) groups is 1. The van der Waals surface area contributed by atoms with Crippen LogP contribution in [0, 0.1) is 0 Å². The van der Waals surface area contributed by atoms with Crippen LogP contribution >= 0.6 is 24.0 Å². The van der Waals surface area contributed by atoms with Gasteiger partial charge in [0.25, 0.3) is 0 Å². The number of nitrogens with one attached hydrogen (secondary N) is 2. The number of hydrogen-bond donors (Lipinski definition) is 2. The van der Waals surface area contributed by atoms with Crippen molar-refractivity contribution in [1.29, 1.82) is 0 Å². The summed E-state index contributed by atoms with van der Waals surface area (Å²) in [5.74, 6) is 0.687. The molecule has 1 heterocycles. The smallest absolute Gasteiger partial charge is 0.243 e. The fourth-order valence-electron chi connectivity index (χ4n) is 3.20. The molecule has 2 rings (SSSR count). The maximum atomic E-state index is 11.9. The second-order valence-corrected chi connectivity index (χ2v) is 7.53. The molecule has 1 amide bonds. The Morgan fingerprint density at radius 2 is 1.81 bits per heavy atom. The molecular weight excluding hydrogens is 507 g/mol. The normalized spacial score (nSPS) is 14.5. The summed E-state index contributed by atoms with van der Waals surface area (Å²) in [5.41, 5.74) is 1.24. The minimum absolute atomic E-state index is 0. The van der Waals surface area contributed by atoms with Gasteiger partial charge in [0.2, 0.25) is 5.91 Å². The first-order chi connectivity index (χ1) is 14.6. The minimum Gasteiger partial charge on any atom is -0.379 e. The third kappa shape index (κ3) is 11.0. The molecule has 1 saturated heterocycles. The molecule has 31 heavy (non-hydrogen) atoms. The van der Waals surface area contributed by atoms with E-state index in [0.717, 1.165) is 65.4 Å². The molecule has 0 saturated carbocycles. The van der Waals surface area contributed by atoms with Gasteiger partial charge >= 0.3 is 0 Å². The Bertz CT molecular complexity index is 638. The molecule has 2 N–H and O–H groups in total. The summed E-state index contributed by atoms with van der Waals surface area (Å²) in [5, 5.41) is 6.75. The molecule has 0 bridgehead atoms. The summed E-state index contributed by atoms with van der Waals surface area (Å²) >= 11 is 0. The number of anilines is 1. The number of carbonyl (C=O) groups excluding carboxylic acids is 1. The lowest BCUT2D eigenvalue weighted by atomic mass is 10.2. The molecule has 1 aromatic rings. The highest BCUT2D eigenvalue weighted by molar-refractivity contribution is 14.0. The van der Waals surface area contributed by atoms with Gasteiger partial charge in [0, 0.05) is 65.6 Å². The van der Waals surface area contributed by atoms with Crippen LogP contribution in [-0.4, -0.2) is 101 Å². The van der Waals surface area contributed by atoms with E-state index in [4.69, 9.17) is 4.74 Å².